The fraction of sp³-hybridized carbons (Fsp3) is 0.316. The molecule has 0 unspecified atom stereocenters. The van der Waals surface area contributed by atoms with E-state index in [1.54, 1.807) is 43.3 Å². The van der Waals surface area contributed by atoms with Crippen LogP contribution in [0.5, 0.6) is 0 Å². The van der Waals surface area contributed by atoms with Gasteiger partial charge in [-0.3, -0.25) is 14.4 Å². The minimum absolute atomic E-state index is 0.0370. The van der Waals surface area contributed by atoms with E-state index < -0.39 is 0 Å². The molecule has 4 heteroatoms. The molecule has 1 N–H and O–H groups in total. The van der Waals surface area contributed by atoms with E-state index in [1.165, 1.54) is 6.92 Å². The highest BCUT2D eigenvalue weighted by molar-refractivity contribution is 6.27. The Balaban J connectivity index is 0.000000322. The number of amides is 1. The lowest BCUT2D eigenvalue weighted by atomic mass is 9.84. The van der Waals surface area contributed by atoms with Gasteiger partial charge in [0, 0.05) is 35.2 Å². The zero-order chi connectivity index (χ0) is 17.6. The SMILES string of the molecule is C/C=C\C1=C(C)C(=O)c2ccccc2C1=O.CC(=O)NC(C)C. The van der Waals surface area contributed by atoms with Crippen molar-refractivity contribution in [3.8, 4) is 0 Å². The van der Waals surface area contributed by atoms with Gasteiger partial charge in [-0.2, -0.15) is 0 Å². The van der Waals surface area contributed by atoms with E-state index in [1.807, 2.05) is 20.8 Å². The smallest absolute Gasteiger partial charge is 0.217 e. The molecule has 1 aliphatic rings. The predicted octanol–water partition coefficient (Wildman–Crippen LogP) is 3.49. The molecule has 1 aromatic rings. The summed E-state index contributed by atoms with van der Waals surface area (Å²) in [6.45, 7) is 8.91. The van der Waals surface area contributed by atoms with Crippen molar-refractivity contribution < 1.29 is 14.4 Å². The molecule has 0 aliphatic heterocycles. The normalized spacial score (nSPS) is 13.8. The van der Waals surface area contributed by atoms with Gasteiger partial charge >= 0.3 is 0 Å². The minimum Gasteiger partial charge on any atom is -0.354 e. The second kappa shape index (κ2) is 8.22. The fourth-order valence-electron chi connectivity index (χ4n) is 2.29. The van der Waals surface area contributed by atoms with E-state index in [2.05, 4.69) is 5.32 Å². The third-order valence-electron chi connectivity index (χ3n) is 3.23. The number of fused-ring (bicyclic) bond motifs is 1. The first-order valence-corrected chi connectivity index (χ1v) is 7.58. The van der Waals surface area contributed by atoms with Gasteiger partial charge in [-0.05, 0) is 27.7 Å². The molecular formula is C19H23NO3. The molecule has 122 valence electrons. The van der Waals surface area contributed by atoms with Crippen LogP contribution in [0, 0.1) is 0 Å². The summed E-state index contributed by atoms with van der Waals surface area (Å²) < 4.78 is 0. The van der Waals surface area contributed by atoms with Crippen molar-refractivity contribution in [3.05, 3.63) is 58.7 Å². The summed E-state index contributed by atoms with van der Waals surface area (Å²) in [6, 6.07) is 7.23. The lowest BCUT2D eigenvalue weighted by Crippen LogP contribution is -2.27. The van der Waals surface area contributed by atoms with Crippen molar-refractivity contribution in [2.75, 3.05) is 0 Å². The van der Waals surface area contributed by atoms with Crippen LogP contribution in [-0.4, -0.2) is 23.5 Å². The van der Waals surface area contributed by atoms with Crippen LogP contribution in [0.3, 0.4) is 0 Å². The number of ketones is 2. The Morgan fingerprint density at radius 3 is 2.00 bits per heavy atom. The maximum absolute atomic E-state index is 12.1. The van der Waals surface area contributed by atoms with Crippen LogP contribution in [0.15, 0.2) is 47.6 Å². The van der Waals surface area contributed by atoms with E-state index in [9.17, 15) is 14.4 Å². The van der Waals surface area contributed by atoms with E-state index >= 15 is 0 Å². The second-order valence-electron chi connectivity index (χ2n) is 5.60. The summed E-state index contributed by atoms with van der Waals surface area (Å²) in [5, 5.41) is 2.67. The van der Waals surface area contributed by atoms with Crippen molar-refractivity contribution in [1.29, 1.82) is 0 Å². The van der Waals surface area contributed by atoms with Crippen molar-refractivity contribution in [3.63, 3.8) is 0 Å². The van der Waals surface area contributed by atoms with Crippen molar-refractivity contribution in [2.24, 2.45) is 0 Å². The number of nitrogens with one attached hydrogen (secondary N) is 1. The zero-order valence-corrected chi connectivity index (χ0v) is 14.3. The third-order valence-corrected chi connectivity index (χ3v) is 3.23. The Morgan fingerprint density at radius 1 is 1.09 bits per heavy atom. The lowest BCUT2D eigenvalue weighted by Gasteiger charge is -2.16. The highest BCUT2D eigenvalue weighted by Gasteiger charge is 2.27. The second-order valence-corrected chi connectivity index (χ2v) is 5.60. The Morgan fingerprint density at radius 2 is 1.61 bits per heavy atom. The van der Waals surface area contributed by atoms with Gasteiger partial charge in [0.1, 0.15) is 0 Å². The summed E-state index contributed by atoms with van der Waals surface area (Å²) in [5.74, 6) is -0.0795. The Hall–Kier alpha value is -2.49. The van der Waals surface area contributed by atoms with Crippen LogP contribution in [0.4, 0.5) is 0 Å². The van der Waals surface area contributed by atoms with Crippen LogP contribution < -0.4 is 5.32 Å². The highest BCUT2D eigenvalue weighted by Crippen LogP contribution is 2.26. The van der Waals surface area contributed by atoms with E-state index in [-0.39, 0.29) is 23.5 Å². The van der Waals surface area contributed by atoms with Crippen LogP contribution in [-0.2, 0) is 4.79 Å². The first-order valence-electron chi connectivity index (χ1n) is 7.58. The van der Waals surface area contributed by atoms with Gasteiger partial charge in [0.05, 0.1) is 0 Å². The van der Waals surface area contributed by atoms with Crippen molar-refractivity contribution >= 4 is 17.5 Å². The number of benzene rings is 1. The number of allylic oxidation sites excluding steroid dienone is 4. The quantitative estimate of drug-likeness (QED) is 0.909. The molecule has 0 aromatic heterocycles. The highest BCUT2D eigenvalue weighted by atomic mass is 16.1. The summed E-state index contributed by atoms with van der Waals surface area (Å²) in [6.07, 6.45) is 3.48. The van der Waals surface area contributed by atoms with Crippen LogP contribution >= 0.6 is 0 Å². The van der Waals surface area contributed by atoms with Crippen molar-refractivity contribution in [1.82, 2.24) is 5.32 Å². The molecule has 0 saturated heterocycles. The van der Waals surface area contributed by atoms with Crippen LogP contribution in [0.25, 0.3) is 0 Å². The maximum atomic E-state index is 12.1. The number of hydrogen-bond donors (Lipinski definition) is 1. The van der Waals surface area contributed by atoms with Gasteiger partial charge in [0.15, 0.2) is 11.6 Å². The first-order chi connectivity index (χ1) is 10.8. The molecule has 0 spiro atoms. The Kier molecular flexibility index (Phi) is 6.64. The summed E-state index contributed by atoms with van der Waals surface area (Å²) >= 11 is 0. The number of rotatable bonds is 2. The molecule has 4 nitrogen and oxygen atoms in total. The minimum atomic E-state index is -0.0641. The predicted molar refractivity (Wildman–Crippen MR) is 91.6 cm³/mol. The van der Waals surface area contributed by atoms with Gasteiger partial charge in [-0.25, -0.2) is 0 Å². The molecule has 0 radical (unpaired) electrons. The van der Waals surface area contributed by atoms with Gasteiger partial charge in [-0.1, -0.05) is 36.4 Å². The molecule has 0 bridgehead atoms. The van der Waals surface area contributed by atoms with Crippen LogP contribution in [0.1, 0.15) is 55.3 Å². The Bertz CT molecular complexity index is 682. The summed E-state index contributed by atoms with van der Waals surface area (Å²) in [7, 11) is 0. The standard InChI is InChI=1S/C14H12O2.C5H11NO/c1-3-6-10-9(2)13(15)11-7-4-5-8-12(11)14(10)16;1-4(2)6-5(3)7/h3-8H,1-2H3;4H,1-3H3,(H,6,7)/b6-3-;. The number of carbonyl (C=O) groups is 3. The summed E-state index contributed by atoms with van der Waals surface area (Å²) in [5.41, 5.74) is 2.05. The molecule has 1 aliphatic carbocycles. The van der Waals surface area contributed by atoms with E-state index in [4.69, 9.17) is 0 Å². The molecule has 23 heavy (non-hydrogen) atoms. The topological polar surface area (TPSA) is 63.2 Å². The van der Waals surface area contributed by atoms with E-state index in [0.29, 0.717) is 22.3 Å². The monoisotopic (exact) mass is 313 g/mol. The Labute approximate surface area is 137 Å². The number of hydrogen-bond acceptors (Lipinski definition) is 3. The third kappa shape index (κ3) is 4.74. The molecule has 0 atom stereocenters. The van der Waals surface area contributed by atoms with Crippen molar-refractivity contribution in [2.45, 2.75) is 40.7 Å². The summed E-state index contributed by atoms with van der Waals surface area (Å²) in [4.78, 5) is 34.2. The average Bonchev–Trinajstić information content (AvgIpc) is 2.48. The molecule has 0 heterocycles. The largest absolute Gasteiger partial charge is 0.354 e. The first kappa shape index (κ1) is 18.6. The van der Waals surface area contributed by atoms with Gasteiger partial charge in [0.25, 0.3) is 0 Å². The number of carbonyl (C=O) groups excluding carboxylic acids is 3. The molecule has 2 rings (SSSR count). The lowest BCUT2D eigenvalue weighted by molar-refractivity contribution is -0.119. The van der Waals surface area contributed by atoms with Gasteiger partial charge in [0.2, 0.25) is 5.91 Å². The van der Waals surface area contributed by atoms with E-state index in [0.717, 1.165) is 0 Å². The maximum Gasteiger partial charge on any atom is 0.217 e. The molecule has 1 amide bonds. The molecule has 0 saturated carbocycles. The molecule has 0 fully saturated rings. The molecule has 1 aromatic carbocycles. The molecular weight excluding hydrogens is 290 g/mol. The zero-order valence-electron chi connectivity index (χ0n) is 14.3. The van der Waals surface area contributed by atoms with Gasteiger partial charge < -0.3 is 5.32 Å². The average molecular weight is 313 g/mol. The van der Waals surface area contributed by atoms with Crippen LogP contribution in [0.2, 0.25) is 0 Å². The number of Topliss-reactive ketones (excluding diaryl/α,β-unsaturated/α-hetero) is 2. The van der Waals surface area contributed by atoms with Gasteiger partial charge in [-0.15, -0.1) is 0 Å². The fourth-order valence-corrected chi connectivity index (χ4v) is 2.29.